The number of alkyl halides is 3. The minimum absolute atomic E-state index is 0.0111. The zero-order valence-corrected chi connectivity index (χ0v) is 16.4. The molecule has 4 aromatic heterocycles. The summed E-state index contributed by atoms with van der Waals surface area (Å²) in [4.78, 5) is 20.7. The summed E-state index contributed by atoms with van der Waals surface area (Å²) in [7, 11) is 0. The van der Waals surface area contributed by atoms with Gasteiger partial charge >= 0.3 is 6.18 Å². The maximum absolute atomic E-state index is 13.2. The van der Waals surface area contributed by atoms with Gasteiger partial charge in [-0.3, -0.25) is 14.3 Å². The zero-order chi connectivity index (χ0) is 20.6. The lowest BCUT2D eigenvalue weighted by molar-refractivity contribution is -0.141. The Morgan fingerprint density at radius 2 is 1.97 bits per heavy atom. The Morgan fingerprint density at radius 3 is 2.66 bits per heavy atom. The van der Waals surface area contributed by atoms with Crippen LogP contribution in [0.4, 0.5) is 13.2 Å². The third-order valence-corrected chi connectivity index (χ3v) is 5.76. The standard InChI is InChI=1S/C16H12F3N7OS2/c1-2-10-7-11(27)26-13(21-10)28-15(24-26)29-14-23-22-12(9-3-5-20-6-4-9)25(14)8-16(17,18)19/h3-7H,2,8H2,1H3. The van der Waals surface area contributed by atoms with Crippen LogP contribution in [0.2, 0.25) is 0 Å². The highest BCUT2D eigenvalue weighted by Crippen LogP contribution is 2.33. The third-order valence-electron chi connectivity index (χ3n) is 3.81. The number of hydrogen-bond acceptors (Lipinski definition) is 8. The molecule has 0 saturated carbocycles. The molecule has 0 atom stereocenters. The fraction of sp³-hybridized carbons (Fsp3) is 0.250. The van der Waals surface area contributed by atoms with Crippen molar-refractivity contribution in [1.82, 2.24) is 34.3 Å². The highest BCUT2D eigenvalue weighted by molar-refractivity contribution is 8.01. The van der Waals surface area contributed by atoms with Gasteiger partial charge in [0.15, 0.2) is 15.3 Å². The topological polar surface area (TPSA) is 90.9 Å². The molecule has 0 aliphatic rings. The molecule has 0 bridgehead atoms. The first-order valence-corrected chi connectivity index (χ1v) is 9.95. The van der Waals surface area contributed by atoms with Crippen LogP contribution in [0.1, 0.15) is 12.6 Å². The molecule has 29 heavy (non-hydrogen) atoms. The molecule has 0 N–H and O–H groups in total. The molecule has 13 heteroatoms. The lowest BCUT2D eigenvalue weighted by Gasteiger charge is -2.11. The second-order valence-electron chi connectivity index (χ2n) is 5.85. The lowest BCUT2D eigenvalue weighted by Crippen LogP contribution is -2.19. The first kappa shape index (κ1) is 19.5. The van der Waals surface area contributed by atoms with Crippen LogP contribution >= 0.6 is 23.1 Å². The maximum Gasteiger partial charge on any atom is 0.406 e. The van der Waals surface area contributed by atoms with E-state index in [9.17, 15) is 18.0 Å². The second-order valence-corrected chi connectivity index (χ2v) is 8.02. The Hall–Kier alpha value is -2.80. The Labute approximate surface area is 169 Å². The maximum atomic E-state index is 13.2. The molecule has 8 nitrogen and oxygen atoms in total. The molecule has 0 aliphatic carbocycles. The summed E-state index contributed by atoms with van der Waals surface area (Å²) in [6, 6.07) is 4.49. The van der Waals surface area contributed by atoms with Crippen molar-refractivity contribution in [3.63, 3.8) is 0 Å². The van der Waals surface area contributed by atoms with E-state index in [1.807, 2.05) is 6.92 Å². The molecule has 0 aromatic carbocycles. The van der Waals surface area contributed by atoms with Crippen LogP contribution in [0.25, 0.3) is 16.3 Å². The molecule has 0 fully saturated rings. The highest BCUT2D eigenvalue weighted by atomic mass is 32.2. The Morgan fingerprint density at radius 1 is 1.21 bits per heavy atom. The van der Waals surface area contributed by atoms with Crippen LogP contribution in [-0.4, -0.2) is 40.5 Å². The number of halogens is 3. The van der Waals surface area contributed by atoms with Crippen molar-refractivity contribution in [3.8, 4) is 11.4 Å². The monoisotopic (exact) mass is 439 g/mol. The zero-order valence-electron chi connectivity index (χ0n) is 14.8. The Balaban J connectivity index is 1.75. The van der Waals surface area contributed by atoms with E-state index in [0.717, 1.165) is 32.2 Å². The summed E-state index contributed by atoms with van der Waals surface area (Å²) in [6.07, 6.45) is -0.958. The van der Waals surface area contributed by atoms with Crippen molar-refractivity contribution in [1.29, 1.82) is 0 Å². The normalized spacial score (nSPS) is 12.0. The highest BCUT2D eigenvalue weighted by Gasteiger charge is 2.32. The number of pyridine rings is 1. The van der Waals surface area contributed by atoms with E-state index >= 15 is 0 Å². The molecule has 0 unspecified atom stereocenters. The number of nitrogens with zero attached hydrogens (tertiary/aromatic N) is 7. The minimum atomic E-state index is -4.47. The van der Waals surface area contributed by atoms with Gasteiger partial charge in [-0.25, -0.2) is 4.98 Å². The minimum Gasteiger partial charge on any atom is -0.292 e. The molecule has 4 heterocycles. The van der Waals surface area contributed by atoms with Gasteiger partial charge in [0.2, 0.25) is 4.96 Å². The van der Waals surface area contributed by atoms with Gasteiger partial charge in [0.1, 0.15) is 6.54 Å². The van der Waals surface area contributed by atoms with Crippen LogP contribution < -0.4 is 5.56 Å². The molecule has 0 amide bonds. The average molecular weight is 439 g/mol. The van der Waals surface area contributed by atoms with Gasteiger partial charge in [-0.15, -0.1) is 15.3 Å². The molecule has 4 aromatic rings. The number of hydrogen-bond donors (Lipinski definition) is 0. The van der Waals surface area contributed by atoms with Crippen LogP contribution in [0.5, 0.6) is 0 Å². The number of aryl methyl sites for hydroxylation is 1. The molecule has 0 aliphatic heterocycles. The lowest BCUT2D eigenvalue weighted by atomic mass is 10.2. The molecule has 0 radical (unpaired) electrons. The van der Waals surface area contributed by atoms with Gasteiger partial charge < -0.3 is 0 Å². The van der Waals surface area contributed by atoms with E-state index in [-0.39, 0.29) is 16.5 Å². The molecule has 150 valence electrons. The summed E-state index contributed by atoms with van der Waals surface area (Å²) in [5.74, 6) is 0.0666. The molecule has 4 rings (SSSR count). The largest absolute Gasteiger partial charge is 0.406 e. The van der Waals surface area contributed by atoms with E-state index in [0.29, 0.717) is 27.0 Å². The van der Waals surface area contributed by atoms with Gasteiger partial charge in [0.05, 0.1) is 0 Å². The summed E-state index contributed by atoms with van der Waals surface area (Å²) in [5, 5.41) is 12.0. The fourth-order valence-corrected chi connectivity index (χ4v) is 4.43. The van der Waals surface area contributed by atoms with Gasteiger partial charge in [-0.1, -0.05) is 18.3 Å². The van der Waals surface area contributed by atoms with Crippen LogP contribution in [-0.2, 0) is 13.0 Å². The smallest absolute Gasteiger partial charge is 0.292 e. The van der Waals surface area contributed by atoms with E-state index in [2.05, 4.69) is 25.3 Å². The van der Waals surface area contributed by atoms with Crippen molar-refractivity contribution in [2.75, 3.05) is 0 Å². The second kappa shape index (κ2) is 7.55. The van der Waals surface area contributed by atoms with E-state index in [4.69, 9.17) is 0 Å². The number of fused-ring (bicyclic) bond motifs is 1. The van der Waals surface area contributed by atoms with E-state index in [1.165, 1.54) is 18.5 Å². The van der Waals surface area contributed by atoms with Crippen LogP contribution in [0, 0.1) is 0 Å². The Kier molecular flexibility index (Phi) is 5.08. The number of rotatable bonds is 5. The first-order valence-electron chi connectivity index (χ1n) is 8.32. The predicted octanol–water partition coefficient (Wildman–Crippen LogP) is 3.08. The van der Waals surface area contributed by atoms with E-state index < -0.39 is 12.7 Å². The number of aromatic nitrogens is 7. The van der Waals surface area contributed by atoms with Crippen LogP contribution in [0.3, 0.4) is 0 Å². The SMILES string of the molecule is CCc1cc(=O)n2nc(Sc3nnc(-c4ccncc4)n3CC(F)(F)F)sc2n1. The van der Waals surface area contributed by atoms with Gasteiger partial charge in [0, 0.05) is 29.7 Å². The predicted molar refractivity (Wildman–Crippen MR) is 99.9 cm³/mol. The van der Waals surface area contributed by atoms with Crippen molar-refractivity contribution < 1.29 is 13.2 Å². The van der Waals surface area contributed by atoms with Crippen molar-refractivity contribution in [3.05, 3.63) is 46.6 Å². The fourth-order valence-electron chi connectivity index (χ4n) is 2.54. The van der Waals surface area contributed by atoms with Crippen molar-refractivity contribution in [2.45, 2.75) is 35.6 Å². The summed E-state index contributed by atoms with van der Waals surface area (Å²) >= 11 is 2.00. The van der Waals surface area contributed by atoms with Gasteiger partial charge in [-0.2, -0.15) is 17.7 Å². The third kappa shape index (κ3) is 4.15. The van der Waals surface area contributed by atoms with Gasteiger partial charge in [-0.05, 0) is 30.3 Å². The summed E-state index contributed by atoms with van der Waals surface area (Å²) in [5.41, 5.74) is 0.734. The molecule has 0 spiro atoms. The quantitative estimate of drug-likeness (QED) is 0.472. The molecular weight excluding hydrogens is 427 g/mol. The molecular formula is C16H12F3N7OS2. The first-order chi connectivity index (χ1) is 13.8. The van der Waals surface area contributed by atoms with Gasteiger partial charge in [0.25, 0.3) is 5.56 Å². The van der Waals surface area contributed by atoms with Crippen molar-refractivity contribution in [2.24, 2.45) is 0 Å². The average Bonchev–Trinajstić information content (AvgIpc) is 3.26. The van der Waals surface area contributed by atoms with Crippen molar-refractivity contribution >= 4 is 28.1 Å². The van der Waals surface area contributed by atoms with E-state index in [1.54, 1.807) is 12.1 Å². The summed E-state index contributed by atoms with van der Waals surface area (Å²) in [6.45, 7) is 0.609. The van der Waals surface area contributed by atoms with Crippen LogP contribution in [0.15, 0.2) is 44.9 Å². The molecule has 0 saturated heterocycles. The Bertz CT molecular complexity index is 1220. The summed E-state index contributed by atoms with van der Waals surface area (Å²) < 4.78 is 41.9.